The Morgan fingerprint density at radius 1 is 0.825 bits per heavy atom. The summed E-state index contributed by atoms with van der Waals surface area (Å²) in [5.74, 6) is 2.86. The maximum atomic E-state index is 11.6. The van der Waals surface area contributed by atoms with Crippen molar-refractivity contribution in [1.82, 2.24) is 5.32 Å². The molecule has 0 radical (unpaired) electrons. The van der Waals surface area contributed by atoms with Crippen LogP contribution in [0.1, 0.15) is 23.1 Å². The molecule has 0 fully saturated rings. The van der Waals surface area contributed by atoms with E-state index in [1.54, 1.807) is 45.5 Å². The number of methoxy groups -OCH3 is 4. The van der Waals surface area contributed by atoms with E-state index in [4.69, 9.17) is 18.9 Å². The van der Waals surface area contributed by atoms with Crippen molar-refractivity contribution in [3.8, 4) is 23.0 Å². The second kappa shape index (κ2) is 16.6. The number of nitro benzene ring substituents is 1. The number of nitro groups is 1. The van der Waals surface area contributed by atoms with E-state index in [0.29, 0.717) is 18.0 Å². The lowest BCUT2D eigenvalue weighted by Crippen LogP contribution is -2.27. The summed E-state index contributed by atoms with van der Waals surface area (Å²) in [4.78, 5) is 23.0. The van der Waals surface area contributed by atoms with E-state index in [9.17, 15) is 14.9 Å². The molecule has 0 heterocycles. The molecule has 1 N–H and O–H groups in total. The highest BCUT2D eigenvalue weighted by Crippen LogP contribution is 2.33. The molecule has 0 saturated carbocycles. The summed E-state index contributed by atoms with van der Waals surface area (Å²) in [5.41, 5.74) is 4.02. The Bertz CT molecular complexity index is 1210. The van der Waals surface area contributed by atoms with Crippen LogP contribution < -0.4 is 29.2 Å². The zero-order valence-electron chi connectivity index (χ0n) is 24.1. The van der Waals surface area contributed by atoms with Crippen LogP contribution in [0.2, 0.25) is 0 Å². The molecular formula is C30H39N3O7. The molecular weight excluding hydrogens is 514 g/mol. The molecule has 3 rings (SSSR count). The number of non-ortho nitro benzene ring substituents is 1. The van der Waals surface area contributed by atoms with Crippen LogP contribution in [-0.4, -0.2) is 59.4 Å². The molecule has 3 aromatic carbocycles. The minimum absolute atomic E-state index is 0.144. The van der Waals surface area contributed by atoms with Crippen molar-refractivity contribution in [2.24, 2.45) is 0 Å². The molecule has 0 atom stereocenters. The summed E-state index contributed by atoms with van der Waals surface area (Å²) in [6, 6.07) is 16.1. The molecule has 0 bridgehead atoms. The van der Waals surface area contributed by atoms with Gasteiger partial charge in [-0.15, -0.1) is 0 Å². The van der Waals surface area contributed by atoms with Gasteiger partial charge in [-0.25, -0.2) is 0 Å². The third-order valence-electron chi connectivity index (χ3n) is 6.23. The van der Waals surface area contributed by atoms with Crippen LogP contribution in [0.4, 0.5) is 11.4 Å². The fraction of sp³-hybridized carbons (Fsp3) is 0.367. The highest BCUT2D eigenvalue weighted by atomic mass is 16.6. The normalized spacial score (nSPS) is 10.2. The number of hydrogen-bond acceptors (Lipinski definition) is 8. The summed E-state index contributed by atoms with van der Waals surface area (Å²) >= 11 is 0. The van der Waals surface area contributed by atoms with E-state index >= 15 is 0 Å². The Hall–Kier alpha value is -4.31. The zero-order valence-corrected chi connectivity index (χ0v) is 24.1. The van der Waals surface area contributed by atoms with Gasteiger partial charge in [0.2, 0.25) is 6.41 Å². The maximum Gasteiger partial charge on any atom is 0.269 e. The molecule has 216 valence electrons. The predicted molar refractivity (Wildman–Crippen MR) is 156 cm³/mol. The van der Waals surface area contributed by atoms with Crippen LogP contribution >= 0.6 is 0 Å². The molecule has 1 amide bonds. The first-order chi connectivity index (χ1) is 19.3. The molecule has 0 aromatic heterocycles. The van der Waals surface area contributed by atoms with Crippen LogP contribution in [0.15, 0.2) is 54.6 Å². The Morgan fingerprint density at radius 3 is 1.95 bits per heavy atom. The minimum atomic E-state index is -0.403. The highest BCUT2D eigenvalue weighted by Gasteiger charge is 2.13. The highest BCUT2D eigenvalue weighted by molar-refractivity contribution is 5.77. The van der Waals surface area contributed by atoms with Crippen LogP contribution in [0.25, 0.3) is 0 Å². The number of nitrogens with zero attached hydrogens (tertiary/aromatic N) is 2. The third-order valence-corrected chi connectivity index (χ3v) is 6.23. The number of aryl methyl sites for hydroxylation is 1. The first kappa shape index (κ1) is 31.9. The standard InChI is InChI=1S/C23H32N2O5.C7H7NO2/c1-17-21(28-3)14-19(15-22(17)29-4)25(16-26)12-6-10-24-11-9-18-7-8-20(27-2)23(13-18)30-5;1-6-2-4-7(5-3-6)8(9)10/h7-8,13-16,24H,6,9-12H2,1-5H3;2-5H,1H3. The van der Waals surface area contributed by atoms with E-state index in [-0.39, 0.29) is 5.69 Å². The van der Waals surface area contributed by atoms with Gasteiger partial charge in [-0.1, -0.05) is 23.8 Å². The topological polar surface area (TPSA) is 112 Å². The molecule has 0 unspecified atom stereocenters. The van der Waals surface area contributed by atoms with Gasteiger partial charge in [-0.3, -0.25) is 14.9 Å². The van der Waals surface area contributed by atoms with E-state index in [1.807, 2.05) is 44.2 Å². The Labute approximate surface area is 236 Å². The maximum absolute atomic E-state index is 11.6. The average molecular weight is 554 g/mol. The average Bonchev–Trinajstić information content (AvgIpc) is 2.97. The largest absolute Gasteiger partial charge is 0.496 e. The van der Waals surface area contributed by atoms with Gasteiger partial charge >= 0.3 is 0 Å². The number of hydrogen-bond donors (Lipinski definition) is 1. The number of anilines is 1. The summed E-state index contributed by atoms with van der Waals surface area (Å²) in [7, 11) is 6.49. The van der Waals surface area contributed by atoms with Gasteiger partial charge < -0.3 is 29.2 Å². The van der Waals surface area contributed by atoms with Gasteiger partial charge in [-0.2, -0.15) is 0 Å². The number of amides is 1. The summed E-state index contributed by atoms with van der Waals surface area (Å²) in [6.45, 7) is 6.06. The lowest BCUT2D eigenvalue weighted by Gasteiger charge is -2.20. The Kier molecular flexibility index (Phi) is 13.2. The molecule has 10 nitrogen and oxygen atoms in total. The van der Waals surface area contributed by atoms with Gasteiger partial charge in [0.15, 0.2) is 11.5 Å². The number of ether oxygens (including phenoxy) is 4. The summed E-state index contributed by atoms with van der Waals surface area (Å²) in [6.07, 6.45) is 2.54. The molecule has 40 heavy (non-hydrogen) atoms. The molecule has 0 aliphatic heterocycles. The van der Waals surface area contributed by atoms with Crippen LogP contribution in [0.5, 0.6) is 23.0 Å². The molecule has 10 heteroatoms. The van der Waals surface area contributed by atoms with Crippen molar-refractivity contribution in [2.75, 3.05) is 53.0 Å². The smallest absolute Gasteiger partial charge is 0.269 e. The molecule has 0 aliphatic carbocycles. The fourth-order valence-electron chi connectivity index (χ4n) is 3.92. The van der Waals surface area contributed by atoms with Gasteiger partial charge in [-0.05, 0) is 57.5 Å². The number of rotatable bonds is 14. The van der Waals surface area contributed by atoms with E-state index in [2.05, 4.69) is 5.32 Å². The lowest BCUT2D eigenvalue weighted by atomic mass is 10.1. The second-order valence-corrected chi connectivity index (χ2v) is 8.91. The first-order valence-electron chi connectivity index (χ1n) is 12.8. The van der Waals surface area contributed by atoms with Crippen molar-refractivity contribution in [2.45, 2.75) is 26.7 Å². The van der Waals surface area contributed by atoms with Gasteiger partial charge in [0, 0.05) is 36.4 Å². The van der Waals surface area contributed by atoms with Gasteiger partial charge in [0.1, 0.15) is 11.5 Å². The minimum Gasteiger partial charge on any atom is -0.496 e. The Morgan fingerprint density at radius 2 is 1.43 bits per heavy atom. The number of nitrogens with one attached hydrogen (secondary N) is 1. The number of carbonyl (C=O) groups is 1. The number of benzene rings is 3. The SMILES string of the molecule is COc1ccc(CCNCCCN(C=O)c2cc(OC)c(C)c(OC)c2)cc1OC.Cc1ccc([N+](=O)[O-])cc1. The van der Waals surface area contributed by atoms with Gasteiger partial charge in [0.05, 0.1) is 39.0 Å². The van der Waals surface area contributed by atoms with Crippen LogP contribution in [-0.2, 0) is 11.2 Å². The monoisotopic (exact) mass is 553 g/mol. The number of carbonyl (C=O) groups excluding carboxylic acids is 1. The van der Waals surface area contributed by atoms with E-state index in [1.165, 1.54) is 17.7 Å². The van der Waals surface area contributed by atoms with Crippen molar-refractivity contribution in [3.05, 3.63) is 81.4 Å². The molecule has 0 saturated heterocycles. The van der Waals surface area contributed by atoms with Gasteiger partial charge in [0.25, 0.3) is 5.69 Å². The second-order valence-electron chi connectivity index (χ2n) is 8.91. The molecule has 3 aromatic rings. The van der Waals surface area contributed by atoms with Crippen LogP contribution in [0, 0.1) is 24.0 Å². The predicted octanol–water partition coefficient (Wildman–Crippen LogP) is 5.12. The van der Waals surface area contributed by atoms with E-state index in [0.717, 1.165) is 60.7 Å². The lowest BCUT2D eigenvalue weighted by molar-refractivity contribution is -0.384. The van der Waals surface area contributed by atoms with E-state index < -0.39 is 4.92 Å². The quantitative estimate of drug-likeness (QED) is 0.127. The first-order valence-corrected chi connectivity index (χ1v) is 12.8. The molecule has 0 aliphatic rings. The fourth-order valence-corrected chi connectivity index (χ4v) is 3.92. The summed E-state index contributed by atoms with van der Waals surface area (Å²) in [5, 5.41) is 13.5. The molecule has 0 spiro atoms. The summed E-state index contributed by atoms with van der Waals surface area (Å²) < 4.78 is 21.4. The van der Waals surface area contributed by atoms with Crippen molar-refractivity contribution in [3.63, 3.8) is 0 Å². The van der Waals surface area contributed by atoms with Crippen molar-refractivity contribution >= 4 is 17.8 Å². The van der Waals surface area contributed by atoms with Crippen molar-refractivity contribution in [1.29, 1.82) is 0 Å². The van der Waals surface area contributed by atoms with Crippen LogP contribution in [0.3, 0.4) is 0 Å². The van der Waals surface area contributed by atoms with Crippen molar-refractivity contribution < 1.29 is 28.7 Å². The Balaban J connectivity index is 0.000000469. The third kappa shape index (κ3) is 9.46. The zero-order chi connectivity index (χ0) is 29.5.